The van der Waals surface area contributed by atoms with Gasteiger partial charge < -0.3 is 10.3 Å². The summed E-state index contributed by atoms with van der Waals surface area (Å²) in [6.45, 7) is 2.86. The molecule has 0 amide bonds. The van der Waals surface area contributed by atoms with Crippen LogP contribution in [0.5, 0.6) is 0 Å². The second kappa shape index (κ2) is 5.37. The predicted octanol–water partition coefficient (Wildman–Crippen LogP) is 4.49. The number of hydrogen-bond donors (Lipinski definition) is 1. The van der Waals surface area contributed by atoms with Crippen molar-refractivity contribution >= 4 is 28.3 Å². The molecule has 0 spiro atoms. The molecule has 0 atom stereocenters. The molecule has 0 fully saturated rings. The highest BCUT2D eigenvalue weighted by atomic mass is 35.5. The van der Waals surface area contributed by atoms with Crippen molar-refractivity contribution < 1.29 is 4.39 Å². The average molecular weight is 304 g/mol. The summed E-state index contributed by atoms with van der Waals surface area (Å²) in [4.78, 5) is 4.55. The van der Waals surface area contributed by atoms with E-state index >= 15 is 0 Å². The monoisotopic (exact) mass is 303 g/mol. The Morgan fingerprint density at radius 3 is 2.81 bits per heavy atom. The van der Waals surface area contributed by atoms with Gasteiger partial charge in [0.05, 0.1) is 11.0 Å². The van der Waals surface area contributed by atoms with Gasteiger partial charge in [-0.2, -0.15) is 0 Å². The van der Waals surface area contributed by atoms with Gasteiger partial charge in [0.25, 0.3) is 0 Å². The average Bonchev–Trinajstić information content (AvgIpc) is 2.80. The molecule has 0 unspecified atom stereocenters. The standard InChI is InChI=1S/C16H15ClFN3/c1-2-7-21-15-6-4-11(18)9-14(15)20-16(21)12-8-10(17)3-5-13(12)19/h3-6,8-9H,2,7,19H2,1H3. The van der Waals surface area contributed by atoms with Gasteiger partial charge in [0.1, 0.15) is 11.6 Å². The Labute approximate surface area is 127 Å². The molecular weight excluding hydrogens is 289 g/mol. The number of anilines is 1. The summed E-state index contributed by atoms with van der Waals surface area (Å²) < 4.78 is 15.5. The SMILES string of the molecule is CCCn1c(-c2cc(Cl)ccc2N)nc2cc(F)ccc21. The second-order valence-electron chi connectivity index (χ2n) is 4.95. The molecule has 5 heteroatoms. The van der Waals surface area contributed by atoms with Crippen LogP contribution < -0.4 is 5.73 Å². The lowest BCUT2D eigenvalue weighted by Crippen LogP contribution is -2.01. The van der Waals surface area contributed by atoms with Crippen molar-refractivity contribution in [3.05, 3.63) is 47.2 Å². The van der Waals surface area contributed by atoms with Crippen molar-refractivity contribution in [1.29, 1.82) is 0 Å². The topological polar surface area (TPSA) is 43.8 Å². The lowest BCUT2D eigenvalue weighted by molar-refractivity contribution is 0.629. The van der Waals surface area contributed by atoms with E-state index in [4.69, 9.17) is 17.3 Å². The van der Waals surface area contributed by atoms with E-state index < -0.39 is 0 Å². The van der Waals surface area contributed by atoms with Gasteiger partial charge in [-0.15, -0.1) is 0 Å². The summed E-state index contributed by atoms with van der Waals surface area (Å²) in [5.74, 6) is 0.423. The lowest BCUT2D eigenvalue weighted by atomic mass is 10.1. The number of imidazole rings is 1. The smallest absolute Gasteiger partial charge is 0.143 e. The van der Waals surface area contributed by atoms with Crippen molar-refractivity contribution in [2.24, 2.45) is 0 Å². The number of aryl methyl sites for hydroxylation is 1. The summed E-state index contributed by atoms with van der Waals surface area (Å²) in [7, 11) is 0. The molecule has 3 nitrogen and oxygen atoms in total. The number of nitrogens with two attached hydrogens (primary N) is 1. The molecule has 3 aromatic rings. The molecular formula is C16H15ClFN3. The van der Waals surface area contributed by atoms with E-state index in [1.165, 1.54) is 12.1 Å². The minimum atomic E-state index is -0.297. The van der Waals surface area contributed by atoms with E-state index in [9.17, 15) is 4.39 Å². The Kier molecular flexibility index (Phi) is 3.55. The van der Waals surface area contributed by atoms with Crippen LogP contribution in [0.4, 0.5) is 10.1 Å². The van der Waals surface area contributed by atoms with Gasteiger partial charge in [-0.1, -0.05) is 18.5 Å². The number of aromatic nitrogens is 2. The minimum absolute atomic E-state index is 0.297. The third kappa shape index (κ3) is 2.47. The largest absolute Gasteiger partial charge is 0.398 e. The first-order valence-corrected chi connectivity index (χ1v) is 7.19. The van der Waals surface area contributed by atoms with E-state index in [1.54, 1.807) is 24.3 Å². The number of fused-ring (bicyclic) bond motifs is 1. The van der Waals surface area contributed by atoms with E-state index in [0.29, 0.717) is 16.2 Å². The Balaban J connectivity index is 2.30. The molecule has 21 heavy (non-hydrogen) atoms. The summed E-state index contributed by atoms with van der Waals surface area (Å²) in [6, 6.07) is 9.92. The number of nitrogens with zero attached hydrogens (tertiary/aromatic N) is 2. The molecule has 0 aliphatic rings. The zero-order valence-electron chi connectivity index (χ0n) is 11.6. The van der Waals surface area contributed by atoms with Gasteiger partial charge in [0.15, 0.2) is 0 Å². The molecule has 0 saturated heterocycles. The highest BCUT2D eigenvalue weighted by Crippen LogP contribution is 2.31. The van der Waals surface area contributed by atoms with Crippen LogP contribution in [0.2, 0.25) is 5.02 Å². The maximum absolute atomic E-state index is 13.4. The van der Waals surface area contributed by atoms with Crippen LogP contribution >= 0.6 is 11.6 Å². The van der Waals surface area contributed by atoms with Crippen molar-refractivity contribution in [3.8, 4) is 11.4 Å². The van der Waals surface area contributed by atoms with Crippen LogP contribution in [-0.2, 0) is 6.54 Å². The van der Waals surface area contributed by atoms with Gasteiger partial charge in [0, 0.05) is 28.9 Å². The Hall–Kier alpha value is -2.07. The van der Waals surface area contributed by atoms with E-state index in [2.05, 4.69) is 16.5 Å². The summed E-state index contributed by atoms with van der Waals surface area (Å²) in [5.41, 5.74) is 8.95. The van der Waals surface area contributed by atoms with Crippen molar-refractivity contribution in [2.75, 3.05) is 5.73 Å². The maximum atomic E-state index is 13.4. The number of hydrogen-bond acceptors (Lipinski definition) is 2. The fourth-order valence-electron chi connectivity index (χ4n) is 2.48. The fourth-order valence-corrected chi connectivity index (χ4v) is 2.65. The second-order valence-corrected chi connectivity index (χ2v) is 5.39. The molecule has 0 bridgehead atoms. The number of benzene rings is 2. The number of nitrogen functional groups attached to an aromatic ring is 1. The first-order valence-electron chi connectivity index (χ1n) is 6.81. The number of halogens is 2. The Morgan fingerprint density at radius 1 is 1.24 bits per heavy atom. The first kappa shape index (κ1) is 13.9. The van der Waals surface area contributed by atoms with E-state index in [0.717, 1.165) is 29.9 Å². The molecule has 1 aromatic heterocycles. The molecule has 1 heterocycles. The predicted molar refractivity (Wildman–Crippen MR) is 84.8 cm³/mol. The minimum Gasteiger partial charge on any atom is -0.398 e. The van der Waals surface area contributed by atoms with Gasteiger partial charge in [-0.25, -0.2) is 9.37 Å². The molecule has 0 aliphatic heterocycles. The number of rotatable bonds is 3. The van der Waals surface area contributed by atoms with Crippen molar-refractivity contribution in [2.45, 2.75) is 19.9 Å². The highest BCUT2D eigenvalue weighted by molar-refractivity contribution is 6.31. The van der Waals surface area contributed by atoms with Crippen molar-refractivity contribution in [3.63, 3.8) is 0 Å². The van der Waals surface area contributed by atoms with Crippen LogP contribution in [0.25, 0.3) is 22.4 Å². The van der Waals surface area contributed by atoms with Gasteiger partial charge >= 0.3 is 0 Å². The quantitative estimate of drug-likeness (QED) is 0.725. The maximum Gasteiger partial charge on any atom is 0.143 e. The zero-order valence-corrected chi connectivity index (χ0v) is 12.4. The summed E-state index contributed by atoms with van der Waals surface area (Å²) in [6.07, 6.45) is 0.941. The molecule has 0 saturated carbocycles. The molecule has 0 radical (unpaired) electrons. The highest BCUT2D eigenvalue weighted by Gasteiger charge is 2.15. The Morgan fingerprint density at radius 2 is 2.05 bits per heavy atom. The molecule has 3 rings (SSSR count). The fraction of sp³-hybridized carbons (Fsp3) is 0.188. The third-order valence-corrected chi connectivity index (χ3v) is 3.65. The van der Waals surface area contributed by atoms with Gasteiger partial charge in [0.2, 0.25) is 0 Å². The first-order chi connectivity index (χ1) is 10.1. The van der Waals surface area contributed by atoms with E-state index in [-0.39, 0.29) is 5.82 Å². The zero-order chi connectivity index (χ0) is 15.0. The Bertz CT molecular complexity index is 811. The third-order valence-electron chi connectivity index (χ3n) is 3.41. The van der Waals surface area contributed by atoms with Crippen LogP contribution in [0.1, 0.15) is 13.3 Å². The summed E-state index contributed by atoms with van der Waals surface area (Å²) >= 11 is 6.07. The molecule has 2 N–H and O–H groups in total. The van der Waals surface area contributed by atoms with Crippen LogP contribution in [0.15, 0.2) is 36.4 Å². The van der Waals surface area contributed by atoms with Crippen molar-refractivity contribution in [1.82, 2.24) is 9.55 Å². The van der Waals surface area contributed by atoms with E-state index in [1.807, 2.05) is 0 Å². The summed E-state index contributed by atoms with van der Waals surface area (Å²) in [5, 5.41) is 0.598. The normalized spacial score (nSPS) is 11.2. The molecule has 2 aromatic carbocycles. The van der Waals surface area contributed by atoms with Crippen LogP contribution in [0.3, 0.4) is 0 Å². The van der Waals surface area contributed by atoms with Gasteiger partial charge in [-0.05, 0) is 36.8 Å². The van der Waals surface area contributed by atoms with Crippen LogP contribution in [0, 0.1) is 5.82 Å². The lowest BCUT2D eigenvalue weighted by Gasteiger charge is -2.10. The van der Waals surface area contributed by atoms with Gasteiger partial charge in [-0.3, -0.25) is 0 Å². The van der Waals surface area contributed by atoms with Crippen LogP contribution in [-0.4, -0.2) is 9.55 Å². The molecule has 0 aliphatic carbocycles. The molecule has 108 valence electrons.